The van der Waals surface area contributed by atoms with Crippen LogP contribution in [0.4, 0.5) is 5.69 Å². The average Bonchev–Trinajstić information content (AvgIpc) is 3.13. The van der Waals surface area contributed by atoms with E-state index in [0.29, 0.717) is 11.3 Å². The number of nitrogens with one attached hydrogen (secondary N) is 1. The predicted octanol–water partition coefficient (Wildman–Crippen LogP) is 3.70. The molecule has 0 atom stereocenters. The fraction of sp³-hybridized carbons (Fsp3) is 0.150. The SMILES string of the molecule is CSc1ccc(NC(=O)COC(=O)c2ccc(-n3nccc3C)cc2)cc1. The summed E-state index contributed by atoms with van der Waals surface area (Å²) in [5.41, 5.74) is 2.88. The third-order valence-electron chi connectivity index (χ3n) is 3.89. The van der Waals surface area contributed by atoms with Crippen molar-refractivity contribution in [1.29, 1.82) is 0 Å². The van der Waals surface area contributed by atoms with E-state index in [4.69, 9.17) is 4.74 Å². The first-order valence-electron chi connectivity index (χ1n) is 8.29. The lowest BCUT2D eigenvalue weighted by Gasteiger charge is -2.08. The van der Waals surface area contributed by atoms with Crippen LogP contribution in [0.2, 0.25) is 0 Å². The molecule has 0 unspecified atom stereocenters. The number of carbonyl (C=O) groups is 2. The summed E-state index contributed by atoms with van der Waals surface area (Å²) in [4.78, 5) is 25.2. The molecule has 1 heterocycles. The number of benzene rings is 2. The Bertz CT molecular complexity index is 934. The molecule has 0 aliphatic heterocycles. The Kier molecular flexibility index (Phi) is 5.93. The molecule has 1 amide bonds. The second-order valence-electron chi connectivity index (χ2n) is 5.78. The lowest BCUT2D eigenvalue weighted by molar-refractivity contribution is -0.119. The van der Waals surface area contributed by atoms with Crippen molar-refractivity contribution < 1.29 is 14.3 Å². The van der Waals surface area contributed by atoms with E-state index in [1.54, 1.807) is 46.9 Å². The van der Waals surface area contributed by atoms with Gasteiger partial charge in [0.05, 0.1) is 11.3 Å². The Morgan fingerprint density at radius 1 is 1.07 bits per heavy atom. The van der Waals surface area contributed by atoms with E-state index in [-0.39, 0.29) is 12.5 Å². The normalized spacial score (nSPS) is 10.4. The molecule has 3 rings (SSSR count). The fourth-order valence-corrected chi connectivity index (χ4v) is 2.87. The highest BCUT2D eigenvalue weighted by Crippen LogP contribution is 2.17. The van der Waals surface area contributed by atoms with Crippen LogP contribution in [0.3, 0.4) is 0 Å². The molecule has 138 valence electrons. The predicted molar refractivity (Wildman–Crippen MR) is 105 cm³/mol. The van der Waals surface area contributed by atoms with Crippen molar-refractivity contribution in [3.05, 3.63) is 72.1 Å². The van der Waals surface area contributed by atoms with Gasteiger partial charge in [-0.1, -0.05) is 0 Å². The summed E-state index contributed by atoms with van der Waals surface area (Å²) in [7, 11) is 0. The van der Waals surface area contributed by atoms with Crippen LogP contribution in [-0.4, -0.2) is 34.5 Å². The molecule has 1 aromatic heterocycles. The molecule has 0 fully saturated rings. The van der Waals surface area contributed by atoms with Gasteiger partial charge in [0.25, 0.3) is 5.91 Å². The van der Waals surface area contributed by atoms with Gasteiger partial charge in [-0.2, -0.15) is 5.10 Å². The maximum absolute atomic E-state index is 12.1. The quantitative estimate of drug-likeness (QED) is 0.521. The van der Waals surface area contributed by atoms with Crippen molar-refractivity contribution in [2.75, 3.05) is 18.2 Å². The monoisotopic (exact) mass is 381 g/mol. The summed E-state index contributed by atoms with van der Waals surface area (Å²) >= 11 is 1.62. The fourth-order valence-electron chi connectivity index (χ4n) is 2.46. The molecule has 0 aliphatic carbocycles. The van der Waals surface area contributed by atoms with Gasteiger partial charge in [-0.15, -0.1) is 11.8 Å². The van der Waals surface area contributed by atoms with E-state index in [2.05, 4.69) is 10.4 Å². The van der Waals surface area contributed by atoms with Gasteiger partial charge < -0.3 is 10.1 Å². The molecule has 0 bridgehead atoms. The first kappa shape index (κ1) is 18.7. The lowest BCUT2D eigenvalue weighted by Crippen LogP contribution is -2.20. The van der Waals surface area contributed by atoms with Gasteiger partial charge in [-0.25, -0.2) is 9.48 Å². The number of nitrogens with zero attached hydrogens (tertiary/aromatic N) is 2. The number of hydrogen-bond donors (Lipinski definition) is 1. The largest absolute Gasteiger partial charge is 0.452 e. The second kappa shape index (κ2) is 8.55. The van der Waals surface area contributed by atoms with Crippen LogP contribution < -0.4 is 5.32 Å². The van der Waals surface area contributed by atoms with Crippen molar-refractivity contribution in [3.63, 3.8) is 0 Å². The van der Waals surface area contributed by atoms with E-state index >= 15 is 0 Å². The highest BCUT2D eigenvalue weighted by Gasteiger charge is 2.11. The zero-order chi connectivity index (χ0) is 19.2. The smallest absolute Gasteiger partial charge is 0.338 e. The Balaban J connectivity index is 1.54. The van der Waals surface area contributed by atoms with Crippen LogP contribution in [0, 0.1) is 6.92 Å². The molecule has 0 saturated heterocycles. The molecule has 0 saturated carbocycles. The van der Waals surface area contributed by atoms with Crippen LogP contribution in [0.25, 0.3) is 5.69 Å². The van der Waals surface area contributed by atoms with Gasteiger partial charge >= 0.3 is 5.97 Å². The number of thioether (sulfide) groups is 1. The summed E-state index contributed by atoms with van der Waals surface area (Å²) < 4.78 is 6.85. The van der Waals surface area contributed by atoms with E-state index < -0.39 is 5.97 Å². The summed E-state index contributed by atoms with van der Waals surface area (Å²) in [6.07, 6.45) is 3.69. The third-order valence-corrected chi connectivity index (χ3v) is 4.63. The highest BCUT2D eigenvalue weighted by atomic mass is 32.2. The number of aromatic nitrogens is 2. The maximum Gasteiger partial charge on any atom is 0.338 e. The number of carbonyl (C=O) groups excluding carboxylic acids is 2. The van der Waals surface area contributed by atoms with Gasteiger partial charge in [0, 0.05) is 22.5 Å². The van der Waals surface area contributed by atoms with Gasteiger partial charge in [-0.05, 0) is 67.8 Å². The zero-order valence-electron chi connectivity index (χ0n) is 15.0. The van der Waals surface area contributed by atoms with Crippen molar-refractivity contribution in [3.8, 4) is 5.69 Å². The summed E-state index contributed by atoms with van der Waals surface area (Å²) in [6.45, 7) is 1.60. The Morgan fingerprint density at radius 3 is 2.37 bits per heavy atom. The van der Waals surface area contributed by atoms with Crippen LogP contribution in [0.5, 0.6) is 0 Å². The number of rotatable bonds is 6. The van der Waals surface area contributed by atoms with Crippen LogP contribution in [-0.2, 0) is 9.53 Å². The second-order valence-corrected chi connectivity index (χ2v) is 6.66. The summed E-state index contributed by atoms with van der Waals surface area (Å²) in [5, 5.41) is 6.91. The third kappa shape index (κ3) is 4.77. The molecule has 7 heteroatoms. The highest BCUT2D eigenvalue weighted by molar-refractivity contribution is 7.98. The number of anilines is 1. The summed E-state index contributed by atoms with van der Waals surface area (Å²) in [5.74, 6) is -0.935. The molecule has 3 aromatic rings. The van der Waals surface area contributed by atoms with Crippen molar-refractivity contribution in [1.82, 2.24) is 9.78 Å². The first-order chi connectivity index (χ1) is 13.1. The van der Waals surface area contributed by atoms with Gasteiger partial charge in [-0.3, -0.25) is 4.79 Å². The van der Waals surface area contributed by atoms with Crippen molar-refractivity contribution >= 4 is 29.3 Å². The standard InChI is InChI=1S/C20H19N3O3S/c1-14-11-12-21-23(14)17-7-3-15(4-8-17)20(25)26-13-19(24)22-16-5-9-18(27-2)10-6-16/h3-12H,13H2,1-2H3,(H,22,24). The van der Waals surface area contributed by atoms with Crippen LogP contribution in [0.1, 0.15) is 16.1 Å². The van der Waals surface area contributed by atoms with E-state index in [0.717, 1.165) is 16.3 Å². The molecule has 0 radical (unpaired) electrons. The molecule has 0 spiro atoms. The molecule has 27 heavy (non-hydrogen) atoms. The summed E-state index contributed by atoms with van der Waals surface area (Å²) in [6, 6.07) is 16.2. The number of esters is 1. The van der Waals surface area contributed by atoms with Crippen molar-refractivity contribution in [2.24, 2.45) is 0 Å². The Morgan fingerprint density at radius 2 is 1.78 bits per heavy atom. The number of amides is 1. The minimum Gasteiger partial charge on any atom is -0.452 e. The zero-order valence-corrected chi connectivity index (χ0v) is 15.8. The molecule has 2 aromatic carbocycles. The van der Waals surface area contributed by atoms with Gasteiger partial charge in [0.2, 0.25) is 0 Å². The topological polar surface area (TPSA) is 73.2 Å². The molecular formula is C20H19N3O3S. The van der Waals surface area contributed by atoms with E-state index in [9.17, 15) is 9.59 Å². The number of hydrogen-bond acceptors (Lipinski definition) is 5. The number of aryl methyl sites for hydroxylation is 1. The first-order valence-corrected chi connectivity index (χ1v) is 9.51. The minimum absolute atomic E-state index is 0.344. The minimum atomic E-state index is -0.549. The van der Waals surface area contributed by atoms with Crippen molar-refractivity contribution in [2.45, 2.75) is 11.8 Å². The van der Waals surface area contributed by atoms with Crippen LogP contribution >= 0.6 is 11.8 Å². The molecule has 0 aliphatic rings. The van der Waals surface area contributed by atoms with E-state index in [1.807, 2.05) is 43.5 Å². The molecular weight excluding hydrogens is 362 g/mol. The molecule has 1 N–H and O–H groups in total. The van der Waals surface area contributed by atoms with Gasteiger partial charge in [0.1, 0.15) is 0 Å². The van der Waals surface area contributed by atoms with E-state index in [1.165, 1.54) is 0 Å². The molecule has 6 nitrogen and oxygen atoms in total. The Labute approximate surface area is 161 Å². The maximum atomic E-state index is 12.1. The van der Waals surface area contributed by atoms with Gasteiger partial charge in [0.15, 0.2) is 6.61 Å². The average molecular weight is 381 g/mol. The Hall–Kier alpha value is -3.06. The lowest BCUT2D eigenvalue weighted by atomic mass is 10.2. The number of ether oxygens (including phenoxy) is 1. The van der Waals surface area contributed by atoms with Crippen LogP contribution in [0.15, 0.2) is 65.7 Å².